The van der Waals surface area contributed by atoms with E-state index in [-0.39, 0.29) is 5.41 Å². The third-order valence-electron chi connectivity index (χ3n) is 4.61. The highest BCUT2D eigenvalue weighted by molar-refractivity contribution is 5.30. The maximum Gasteiger partial charge on any atom is 0.0436 e. The van der Waals surface area contributed by atoms with Gasteiger partial charge in [0.2, 0.25) is 0 Å². The highest BCUT2D eigenvalue weighted by Gasteiger charge is 2.26. The van der Waals surface area contributed by atoms with E-state index < -0.39 is 0 Å². The zero-order valence-corrected chi connectivity index (χ0v) is 12.7. The standard InChI is InChI=1S/C18H28O/c1-18(2,3)16-10-8-15(9-11-16)17(12-13-19)14-6-4-5-7-14/h8-11,14,17,19H,4-7,12-13H2,1-3H3. The van der Waals surface area contributed by atoms with E-state index in [1.807, 2.05) is 0 Å². The molecule has 1 saturated carbocycles. The Kier molecular flexibility index (Phi) is 4.67. The molecular weight excluding hydrogens is 232 g/mol. The Balaban J connectivity index is 2.17. The molecule has 1 aliphatic carbocycles. The maximum absolute atomic E-state index is 9.34. The van der Waals surface area contributed by atoms with Gasteiger partial charge in [-0.3, -0.25) is 0 Å². The first-order chi connectivity index (χ1) is 9.02. The van der Waals surface area contributed by atoms with Crippen LogP contribution in [0.3, 0.4) is 0 Å². The normalized spacial score (nSPS) is 18.7. The molecule has 1 aromatic rings. The highest BCUT2D eigenvalue weighted by Crippen LogP contribution is 2.39. The van der Waals surface area contributed by atoms with Crippen LogP contribution in [0.2, 0.25) is 0 Å². The summed E-state index contributed by atoms with van der Waals surface area (Å²) < 4.78 is 0. The number of aliphatic hydroxyl groups is 1. The number of hydrogen-bond acceptors (Lipinski definition) is 1. The van der Waals surface area contributed by atoms with Crippen LogP contribution in [0.4, 0.5) is 0 Å². The predicted octanol–water partition coefficient (Wildman–Crippen LogP) is 4.64. The van der Waals surface area contributed by atoms with E-state index in [1.165, 1.54) is 36.8 Å². The van der Waals surface area contributed by atoms with Crippen molar-refractivity contribution < 1.29 is 5.11 Å². The Morgan fingerprint density at radius 3 is 2.16 bits per heavy atom. The lowest BCUT2D eigenvalue weighted by Gasteiger charge is -2.25. The fourth-order valence-corrected chi connectivity index (χ4v) is 3.40. The number of rotatable bonds is 4. The Hall–Kier alpha value is -0.820. The molecule has 0 bridgehead atoms. The molecule has 0 aliphatic heterocycles. The van der Waals surface area contributed by atoms with Gasteiger partial charge >= 0.3 is 0 Å². The first-order valence-electron chi connectivity index (χ1n) is 7.73. The minimum atomic E-state index is 0.221. The SMILES string of the molecule is CC(C)(C)c1ccc(C(CCO)C2CCCC2)cc1. The van der Waals surface area contributed by atoms with Crippen molar-refractivity contribution in [2.45, 2.75) is 64.2 Å². The van der Waals surface area contributed by atoms with E-state index in [2.05, 4.69) is 45.0 Å². The van der Waals surface area contributed by atoms with Gasteiger partial charge in [0.05, 0.1) is 0 Å². The van der Waals surface area contributed by atoms with Gasteiger partial charge in [-0.25, -0.2) is 0 Å². The summed E-state index contributed by atoms with van der Waals surface area (Å²) in [6, 6.07) is 9.13. The molecule has 0 saturated heterocycles. The molecule has 0 heterocycles. The average molecular weight is 260 g/mol. The van der Waals surface area contributed by atoms with Crippen molar-refractivity contribution in [1.82, 2.24) is 0 Å². The number of hydrogen-bond donors (Lipinski definition) is 1. The average Bonchev–Trinajstić information content (AvgIpc) is 2.89. The fourth-order valence-electron chi connectivity index (χ4n) is 3.40. The predicted molar refractivity (Wildman–Crippen MR) is 81.5 cm³/mol. The molecule has 19 heavy (non-hydrogen) atoms. The Morgan fingerprint density at radius 1 is 1.11 bits per heavy atom. The van der Waals surface area contributed by atoms with Crippen LogP contribution in [-0.4, -0.2) is 11.7 Å². The van der Waals surface area contributed by atoms with Gasteiger partial charge in [-0.1, -0.05) is 57.9 Å². The number of benzene rings is 1. The minimum Gasteiger partial charge on any atom is -0.396 e. The summed E-state index contributed by atoms with van der Waals surface area (Å²) in [5.74, 6) is 1.34. The third-order valence-corrected chi connectivity index (χ3v) is 4.61. The molecular formula is C18H28O. The van der Waals surface area contributed by atoms with Gasteiger partial charge < -0.3 is 5.11 Å². The number of aliphatic hydroxyl groups excluding tert-OH is 1. The van der Waals surface area contributed by atoms with Crippen molar-refractivity contribution in [2.75, 3.05) is 6.61 Å². The van der Waals surface area contributed by atoms with Crippen molar-refractivity contribution in [1.29, 1.82) is 0 Å². The molecule has 1 aromatic carbocycles. The van der Waals surface area contributed by atoms with E-state index in [0.717, 1.165) is 12.3 Å². The topological polar surface area (TPSA) is 20.2 Å². The van der Waals surface area contributed by atoms with Crippen molar-refractivity contribution in [3.63, 3.8) is 0 Å². The van der Waals surface area contributed by atoms with Crippen LogP contribution in [0, 0.1) is 5.92 Å². The molecule has 106 valence electrons. The second-order valence-corrected chi connectivity index (χ2v) is 7.04. The Morgan fingerprint density at radius 2 is 1.68 bits per heavy atom. The van der Waals surface area contributed by atoms with Crippen molar-refractivity contribution >= 4 is 0 Å². The van der Waals surface area contributed by atoms with Gasteiger partial charge in [0.1, 0.15) is 0 Å². The maximum atomic E-state index is 9.34. The van der Waals surface area contributed by atoms with Crippen LogP contribution in [-0.2, 0) is 5.41 Å². The zero-order valence-electron chi connectivity index (χ0n) is 12.7. The molecule has 1 aliphatic rings. The molecule has 1 heteroatoms. The quantitative estimate of drug-likeness (QED) is 0.836. The van der Waals surface area contributed by atoms with E-state index in [0.29, 0.717) is 12.5 Å². The van der Waals surface area contributed by atoms with Gasteiger partial charge in [-0.2, -0.15) is 0 Å². The van der Waals surface area contributed by atoms with Gasteiger partial charge in [-0.15, -0.1) is 0 Å². The second-order valence-electron chi connectivity index (χ2n) is 7.04. The lowest BCUT2D eigenvalue weighted by Crippen LogP contribution is -2.14. The summed E-state index contributed by atoms with van der Waals surface area (Å²) in [5.41, 5.74) is 3.04. The van der Waals surface area contributed by atoms with Crippen molar-refractivity contribution in [2.24, 2.45) is 5.92 Å². The molecule has 0 spiro atoms. The van der Waals surface area contributed by atoms with Crippen molar-refractivity contribution in [3.05, 3.63) is 35.4 Å². The van der Waals surface area contributed by atoms with Crippen LogP contribution in [0.5, 0.6) is 0 Å². The monoisotopic (exact) mass is 260 g/mol. The van der Waals surface area contributed by atoms with Crippen LogP contribution in [0.1, 0.15) is 69.9 Å². The Bertz CT molecular complexity index is 379. The van der Waals surface area contributed by atoms with Crippen LogP contribution in [0.15, 0.2) is 24.3 Å². The zero-order chi connectivity index (χ0) is 13.9. The van der Waals surface area contributed by atoms with E-state index in [9.17, 15) is 5.11 Å². The molecule has 1 atom stereocenters. The largest absolute Gasteiger partial charge is 0.396 e. The lowest BCUT2D eigenvalue weighted by molar-refractivity contribution is 0.254. The summed E-state index contributed by atoms with van der Waals surface area (Å²) in [4.78, 5) is 0. The van der Waals surface area contributed by atoms with Gasteiger partial charge in [0, 0.05) is 6.61 Å². The summed E-state index contributed by atoms with van der Waals surface area (Å²) in [5, 5.41) is 9.34. The summed E-state index contributed by atoms with van der Waals surface area (Å²) in [6.07, 6.45) is 6.33. The molecule has 1 N–H and O–H groups in total. The van der Waals surface area contributed by atoms with Crippen LogP contribution < -0.4 is 0 Å². The molecule has 1 fully saturated rings. The molecule has 0 radical (unpaired) electrons. The minimum absolute atomic E-state index is 0.221. The van der Waals surface area contributed by atoms with Gasteiger partial charge in [0.15, 0.2) is 0 Å². The fraction of sp³-hybridized carbons (Fsp3) is 0.667. The first-order valence-corrected chi connectivity index (χ1v) is 7.73. The molecule has 0 aromatic heterocycles. The van der Waals surface area contributed by atoms with Crippen LogP contribution in [0.25, 0.3) is 0 Å². The smallest absolute Gasteiger partial charge is 0.0436 e. The highest BCUT2D eigenvalue weighted by atomic mass is 16.3. The summed E-state index contributed by atoms with van der Waals surface area (Å²) in [6.45, 7) is 7.07. The van der Waals surface area contributed by atoms with E-state index in [4.69, 9.17) is 0 Å². The molecule has 1 unspecified atom stereocenters. The first kappa shape index (κ1) is 14.6. The van der Waals surface area contributed by atoms with Gasteiger partial charge in [-0.05, 0) is 47.6 Å². The van der Waals surface area contributed by atoms with Crippen LogP contribution >= 0.6 is 0 Å². The summed E-state index contributed by atoms with van der Waals surface area (Å²) in [7, 11) is 0. The summed E-state index contributed by atoms with van der Waals surface area (Å²) >= 11 is 0. The Labute approximate surface area is 118 Å². The molecule has 2 rings (SSSR count). The van der Waals surface area contributed by atoms with E-state index >= 15 is 0 Å². The second kappa shape index (κ2) is 6.09. The lowest BCUT2D eigenvalue weighted by atomic mass is 9.80. The van der Waals surface area contributed by atoms with E-state index in [1.54, 1.807) is 0 Å². The third kappa shape index (κ3) is 3.60. The van der Waals surface area contributed by atoms with Crippen molar-refractivity contribution in [3.8, 4) is 0 Å². The molecule has 1 nitrogen and oxygen atoms in total. The molecule has 0 amide bonds. The van der Waals surface area contributed by atoms with Gasteiger partial charge in [0.25, 0.3) is 0 Å².